The lowest BCUT2D eigenvalue weighted by molar-refractivity contribution is -0.242. The quantitative estimate of drug-likeness (QED) is 0.525. The van der Waals surface area contributed by atoms with Crippen LogP contribution in [0.15, 0.2) is 0 Å². The molecule has 4 aliphatic heterocycles. The maximum absolute atomic E-state index is 10.2. The Morgan fingerprint density at radius 2 is 2.12 bits per heavy atom. The van der Waals surface area contributed by atoms with Crippen LogP contribution in [0, 0.1) is 5.92 Å². The van der Waals surface area contributed by atoms with Crippen LogP contribution in [-0.4, -0.2) is 65.2 Å². The van der Waals surface area contributed by atoms with Crippen molar-refractivity contribution in [2.45, 2.75) is 43.2 Å². The Labute approximate surface area is 92.6 Å². The van der Waals surface area contributed by atoms with Crippen molar-refractivity contribution in [3.05, 3.63) is 0 Å². The smallest absolute Gasteiger partial charge is 0.186 e. The highest BCUT2D eigenvalue weighted by Gasteiger charge is 2.62. The molecule has 90 valence electrons. The molecule has 0 amide bonds. The molecule has 7 atom stereocenters. The number of hydroxylamine groups is 2. The van der Waals surface area contributed by atoms with E-state index < -0.39 is 12.2 Å². The van der Waals surface area contributed by atoms with Crippen LogP contribution in [0.2, 0.25) is 0 Å². The first-order valence-electron chi connectivity index (χ1n) is 5.82. The highest BCUT2D eigenvalue weighted by Crippen LogP contribution is 2.45. The van der Waals surface area contributed by atoms with Gasteiger partial charge in [0.25, 0.3) is 0 Å². The van der Waals surface area contributed by atoms with Gasteiger partial charge in [-0.25, -0.2) is 0 Å². The normalized spacial score (nSPS) is 60.0. The second kappa shape index (κ2) is 3.16. The molecule has 3 unspecified atom stereocenters. The summed E-state index contributed by atoms with van der Waals surface area (Å²) < 4.78 is 11.0. The minimum absolute atomic E-state index is 0.0938. The standard InChI is InChI=1S/C10H15NO5/c12-4-1-2-11-7(4)6-8(13)5-3-14-10(15-5)9(6)16-11/h4-10,12-13H,1-3H2/t4-,5?,6?,7-,8-,9?,10+/m0/s1. The van der Waals surface area contributed by atoms with Gasteiger partial charge in [0.15, 0.2) is 6.29 Å². The summed E-state index contributed by atoms with van der Waals surface area (Å²) in [6.07, 6.45) is -1.22. The summed E-state index contributed by atoms with van der Waals surface area (Å²) in [5.74, 6) is -0.0938. The number of aliphatic hydroxyl groups is 2. The van der Waals surface area contributed by atoms with E-state index in [9.17, 15) is 10.2 Å². The van der Waals surface area contributed by atoms with E-state index in [-0.39, 0.29) is 30.5 Å². The Morgan fingerprint density at radius 3 is 3.00 bits per heavy atom. The van der Waals surface area contributed by atoms with Crippen molar-refractivity contribution in [3.63, 3.8) is 0 Å². The van der Waals surface area contributed by atoms with Gasteiger partial charge >= 0.3 is 0 Å². The molecule has 6 nitrogen and oxygen atoms in total. The summed E-state index contributed by atoms with van der Waals surface area (Å²) in [5, 5.41) is 21.9. The van der Waals surface area contributed by atoms with Gasteiger partial charge in [0.1, 0.15) is 12.2 Å². The number of rotatable bonds is 0. The monoisotopic (exact) mass is 229 g/mol. The molecule has 4 saturated heterocycles. The highest BCUT2D eigenvalue weighted by atomic mass is 16.8. The predicted molar refractivity (Wildman–Crippen MR) is 50.1 cm³/mol. The van der Waals surface area contributed by atoms with Crippen LogP contribution in [-0.2, 0) is 14.3 Å². The van der Waals surface area contributed by atoms with E-state index in [1.807, 2.05) is 0 Å². The molecule has 0 aromatic heterocycles. The van der Waals surface area contributed by atoms with Crippen molar-refractivity contribution >= 4 is 0 Å². The van der Waals surface area contributed by atoms with Gasteiger partial charge in [0.05, 0.1) is 24.9 Å². The lowest BCUT2D eigenvalue weighted by atomic mass is 9.83. The van der Waals surface area contributed by atoms with Gasteiger partial charge in [-0.1, -0.05) is 0 Å². The molecular weight excluding hydrogens is 214 g/mol. The lowest BCUT2D eigenvalue weighted by Gasteiger charge is -2.35. The van der Waals surface area contributed by atoms with Gasteiger partial charge in [0.2, 0.25) is 0 Å². The second-order valence-electron chi connectivity index (χ2n) is 5.00. The van der Waals surface area contributed by atoms with E-state index in [1.54, 1.807) is 5.06 Å². The molecule has 0 saturated carbocycles. The fourth-order valence-electron chi connectivity index (χ4n) is 3.43. The van der Waals surface area contributed by atoms with Crippen molar-refractivity contribution in [1.82, 2.24) is 5.06 Å². The Kier molecular flexibility index (Phi) is 1.92. The molecule has 0 spiro atoms. The van der Waals surface area contributed by atoms with E-state index in [1.165, 1.54) is 0 Å². The minimum atomic E-state index is -0.605. The molecule has 6 heteroatoms. The highest BCUT2D eigenvalue weighted by molar-refractivity contribution is 5.05. The van der Waals surface area contributed by atoms with Gasteiger partial charge in [0, 0.05) is 12.5 Å². The molecule has 4 rings (SSSR count). The Hall–Kier alpha value is -0.240. The first-order chi connectivity index (χ1) is 7.75. The number of hydrogen-bond acceptors (Lipinski definition) is 6. The molecule has 4 fully saturated rings. The Bertz CT molecular complexity index is 314. The summed E-state index contributed by atoms with van der Waals surface area (Å²) in [5.41, 5.74) is 0. The van der Waals surface area contributed by atoms with Crippen LogP contribution >= 0.6 is 0 Å². The van der Waals surface area contributed by atoms with E-state index in [4.69, 9.17) is 14.3 Å². The van der Waals surface area contributed by atoms with Gasteiger partial charge in [-0.05, 0) is 6.42 Å². The first-order valence-corrected chi connectivity index (χ1v) is 5.82. The molecule has 2 bridgehead atoms. The van der Waals surface area contributed by atoms with Crippen molar-refractivity contribution in [3.8, 4) is 0 Å². The Morgan fingerprint density at radius 1 is 1.25 bits per heavy atom. The van der Waals surface area contributed by atoms with E-state index >= 15 is 0 Å². The van der Waals surface area contributed by atoms with Crippen molar-refractivity contribution in [1.29, 1.82) is 0 Å². The third-order valence-electron chi connectivity index (χ3n) is 4.18. The molecular formula is C10H15NO5. The van der Waals surface area contributed by atoms with Crippen LogP contribution in [0.4, 0.5) is 0 Å². The maximum Gasteiger partial charge on any atom is 0.186 e. The summed E-state index contributed by atoms with van der Waals surface area (Å²) in [6, 6.07) is -0.101. The van der Waals surface area contributed by atoms with E-state index in [2.05, 4.69) is 0 Å². The van der Waals surface area contributed by atoms with Gasteiger partial charge in [-0.15, -0.1) is 0 Å². The topological polar surface area (TPSA) is 71.4 Å². The van der Waals surface area contributed by atoms with E-state index in [0.29, 0.717) is 19.6 Å². The van der Waals surface area contributed by atoms with Gasteiger partial charge in [-0.2, -0.15) is 5.06 Å². The van der Waals surface area contributed by atoms with Crippen molar-refractivity contribution in [2.24, 2.45) is 5.92 Å². The Balaban J connectivity index is 1.69. The zero-order chi connectivity index (χ0) is 10.9. The molecule has 4 heterocycles. The molecule has 0 aromatic carbocycles. The zero-order valence-corrected chi connectivity index (χ0v) is 8.73. The third kappa shape index (κ3) is 1.07. The predicted octanol–water partition coefficient (Wildman–Crippen LogP) is -1.53. The van der Waals surface area contributed by atoms with Crippen molar-refractivity contribution in [2.75, 3.05) is 13.2 Å². The van der Waals surface area contributed by atoms with Crippen LogP contribution in [0.3, 0.4) is 0 Å². The second-order valence-corrected chi connectivity index (χ2v) is 5.00. The molecule has 16 heavy (non-hydrogen) atoms. The molecule has 2 N–H and O–H groups in total. The largest absolute Gasteiger partial charge is 0.391 e. The lowest BCUT2D eigenvalue weighted by Crippen LogP contribution is -2.53. The zero-order valence-electron chi connectivity index (χ0n) is 8.73. The maximum atomic E-state index is 10.2. The number of fused-ring (bicyclic) bond motifs is 6. The van der Waals surface area contributed by atoms with Crippen LogP contribution in [0.5, 0.6) is 0 Å². The summed E-state index contributed by atoms with van der Waals surface area (Å²) in [4.78, 5) is 5.72. The summed E-state index contributed by atoms with van der Waals surface area (Å²) in [7, 11) is 0. The van der Waals surface area contributed by atoms with Crippen molar-refractivity contribution < 1.29 is 24.5 Å². The molecule has 0 aliphatic carbocycles. The summed E-state index contributed by atoms with van der Waals surface area (Å²) >= 11 is 0. The van der Waals surface area contributed by atoms with Crippen LogP contribution in [0.1, 0.15) is 6.42 Å². The number of ether oxygens (including phenoxy) is 2. The SMILES string of the molecule is O[C@H]1C2CO[C@H](O2)C2ON3CC[C@H](O)[C@H]3C21. The minimum Gasteiger partial charge on any atom is -0.391 e. The van der Waals surface area contributed by atoms with Crippen LogP contribution in [0.25, 0.3) is 0 Å². The molecule has 0 aromatic rings. The first kappa shape index (κ1) is 9.76. The van der Waals surface area contributed by atoms with E-state index in [0.717, 1.165) is 0 Å². The third-order valence-corrected chi connectivity index (χ3v) is 4.18. The number of nitrogens with zero attached hydrogens (tertiary/aromatic N) is 1. The fourth-order valence-corrected chi connectivity index (χ4v) is 3.43. The van der Waals surface area contributed by atoms with Gasteiger partial charge < -0.3 is 19.7 Å². The van der Waals surface area contributed by atoms with Crippen LogP contribution < -0.4 is 0 Å². The summed E-state index contributed by atoms with van der Waals surface area (Å²) in [6.45, 7) is 1.13. The fraction of sp³-hybridized carbons (Fsp3) is 1.00. The molecule has 4 aliphatic rings. The van der Waals surface area contributed by atoms with Gasteiger partial charge in [-0.3, -0.25) is 4.84 Å². The number of hydrogen-bond donors (Lipinski definition) is 2. The molecule has 0 radical (unpaired) electrons. The average Bonchev–Trinajstić information content (AvgIpc) is 2.91. The average molecular weight is 229 g/mol. The number of aliphatic hydroxyl groups excluding tert-OH is 2.